The van der Waals surface area contributed by atoms with Crippen LogP contribution in [0.25, 0.3) is 55.7 Å². The lowest BCUT2D eigenvalue weighted by Crippen LogP contribution is -2.30. The van der Waals surface area contributed by atoms with Crippen molar-refractivity contribution in [1.29, 1.82) is 5.26 Å². The predicted octanol–water partition coefficient (Wildman–Crippen LogP) is 6.99. The van der Waals surface area contributed by atoms with E-state index in [1.54, 1.807) is 0 Å². The van der Waals surface area contributed by atoms with Crippen LogP contribution >= 0.6 is 0 Å². The summed E-state index contributed by atoms with van der Waals surface area (Å²) >= 11 is 0. The zero-order chi connectivity index (χ0) is 23.9. The molecule has 4 heteroatoms. The normalized spacial score (nSPS) is 11.1. The summed E-state index contributed by atoms with van der Waals surface area (Å²) in [7, 11) is 2.01. The molecule has 6 rings (SSSR count). The number of hydrogen-bond donors (Lipinski definition) is 0. The van der Waals surface area contributed by atoms with Gasteiger partial charge in [-0.15, -0.1) is 0 Å². The average molecular weight is 453 g/mol. The molecule has 0 fully saturated rings. The molecule has 0 unspecified atom stereocenters. The second kappa shape index (κ2) is 8.23. The molecule has 35 heavy (non-hydrogen) atoms. The van der Waals surface area contributed by atoms with Crippen LogP contribution in [0.3, 0.4) is 0 Å². The Morgan fingerprint density at radius 2 is 1.54 bits per heavy atom. The van der Waals surface area contributed by atoms with Gasteiger partial charge in [0.1, 0.15) is 7.05 Å². The average Bonchev–Trinajstić information content (AvgIpc) is 3.28. The summed E-state index contributed by atoms with van der Waals surface area (Å²) in [5.41, 5.74) is 9.01. The van der Waals surface area contributed by atoms with Crippen LogP contribution in [0.4, 0.5) is 0 Å². The molecule has 3 aromatic carbocycles. The molecular formula is C31H22N3O+. The lowest BCUT2D eigenvalue weighted by Gasteiger charge is -2.06. The molecule has 0 bridgehead atoms. The van der Waals surface area contributed by atoms with Crippen molar-refractivity contribution >= 4 is 22.1 Å². The van der Waals surface area contributed by atoms with Gasteiger partial charge in [0.2, 0.25) is 11.4 Å². The van der Waals surface area contributed by atoms with E-state index in [-0.39, 0.29) is 0 Å². The Morgan fingerprint density at radius 1 is 0.829 bits per heavy atom. The smallest absolute Gasteiger partial charge is 0.227 e. The summed E-state index contributed by atoms with van der Waals surface area (Å²) in [6.45, 7) is 2.02. The molecule has 0 radical (unpaired) electrons. The Balaban J connectivity index is 1.52. The van der Waals surface area contributed by atoms with Gasteiger partial charge in [-0.05, 0) is 47.9 Å². The second-order valence-corrected chi connectivity index (χ2v) is 8.72. The number of rotatable bonds is 3. The summed E-state index contributed by atoms with van der Waals surface area (Å²) in [6.07, 6.45) is 2.01. The maximum absolute atomic E-state index is 9.89. The third kappa shape index (κ3) is 3.46. The molecule has 0 atom stereocenters. The standard InChI is InChI=1S/C31H22N3O/c1-20-18-24(19-32)29-25-15-16-26(23-13-11-22(12-14-23)21-8-4-3-5-9-21)33-31(25)35-30(29)28(20)27-10-6-7-17-34(27)2/h3-18H,1-2H3/q+1. The fraction of sp³-hybridized carbons (Fsp3) is 0.0645. The first-order valence-corrected chi connectivity index (χ1v) is 11.5. The monoisotopic (exact) mass is 452 g/mol. The van der Waals surface area contributed by atoms with Gasteiger partial charge in [-0.2, -0.15) is 5.26 Å². The molecule has 4 nitrogen and oxygen atoms in total. The molecule has 0 aliphatic rings. The molecule has 6 aromatic rings. The zero-order valence-electron chi connectivity index (χ0n) is 19.5. The molecule has 0 N–H and O–H groups in total. The fourth-order valence-corrected chi connectivity index (χ4v) is 4.78. The van der Waals surface area contributed by atoms with Gasteiger partial charge >= 0.3 is 0 Å². The van der Waals surface area contributed by atoms with E-state index in [1.165, 1.54) is 5.56 Å². The third-order valence-electron chi connectivity index (χ3n) is 6.53. The second-order valence-electron chi connectivity index (χ2n) is 8.72. The predicted molar refractivity (Wildman–Crippen MR) is 138 cm³/mol. The van der Waals surface area contributed by atoms with Crippen molar-refractivity contribution in [2.75, 3.05) is 0 Å². The molecule has 0 spiro atoms. The number of benzene rings is 3. The van der Waals surface area contributed by atoms with Crippen molar-refractivity contribution in [2.45, 2.75) is 6.92 Å². The molecule has 0 aliphatic carbocycles. The summed E-state index contributed by atoms with van der Waals surface area (Å²) in [5, 5.41) is 11.5. The van der Waals surface area contributed by atoms with Gasteiger partial charge in [-0.1, -0.05) is 54.6 Å². The quantitative estimate of drug-likeness (QED) is 0.272. The number of nitrogens with zero attached hydrogens (tertiary/aromatic N) is 3. The van der Waals surface area contributed by atoms with Gasteiger partial charge in [0.15, 0.2) is 11.8 Å². The first kappa shape index (κ1) is 20.8. The highest BCUT2D eigenvalue weighted by Gasteiger charge is 2.23. The summed E-state index contributed by atoms with van der Waals surface area (Å²) < 4.78 is 8.46. The molecular weight excluding hydrogens is 430 g/mol. The van der Waals surface area contributed by atoms with E-state index in [9.17, 15) is 5.26 Å². The van der Waals surface area contributed by atoms with Crippen molar-refractivity contribution in [2.24, 2.45) is 7.05 Å². The highest BCUT2D eigenvalue weighted by Crippen LogP contribution is 2.39. The maximum Gasteiger partial charge on any atom is 0.227 e. The van der Waals surface area contributed by atoms with Crippen molar-refractivity contribution in [3.05, 3.63) is 108 Å². The van der Waals surface area contributed by atoms with E-state index in [2.05, 4.69) is 53.1 Å². The van der Waals surface area contributed by atoms with E-state index in [4.69, 9.17) is 9.40 Å². The Labute approximate surface area is 203 Å². The van der Waals surface area contributed by atoms with E-state index < -0.39 is 0 Å². The van der Waals surface area contributed by atoms with Crippen LogP contribution in [0, 0.1) is 18.3 Å². The van der Waals surface area contributed by atoms with Gasteiger partial charge in [0.05, 0.1) is 22.9 Å². The van der Waals surface area contributed by atoms with Gasteiger partial charge in [-0.25, -0.2) is 9.55 Å². The fourth-order valence-electron chi connectivity index (χ4n) is 4.78. The molecule has 3 aromatic heterocycles. The molecule has 0 saturated carbocycles. The third-order valence-corrected chi connectivity index (χ3v) is 6.53. The number of aromatic nitrogens is 2. The van der Waals surface area contributed by atoms with Crippen LogP contribution in [0.5, 0.6) is 0 Å². The molecule has 0 amide bonds. The largest absolute Gasteiger partial charge is 0.437 e. The van der Waals surface area contributed by atoms with Gasteiger partial charge in [0, 0.05) is 28.5 Å². The van der Waals surface area contributed by atoms with Gasteiger partial charge in [0.25, 0.3) is 0 Å². The number of aryl methyl sites for hydroxylation is 2. The van der Waals surface area contributed by atoms with Crippen LogP contribution in [-0.4, -0.2) is 4.98 Å². The highest BCUT2D eigenvalue weighted by atomic mass is 16.3. The van der Waals surface area contributed by atoms with Crippen LogP contribution in [0.1, 0.15) is 11.1 Å². The lowest BCUT2D eigenvalue weighted by atomic mass is 9.97. The molecule has 0 saturated heterocycles. The van der Waals surface area contributed by atoms with Crippen molar-refractivity contribution in [3.8, 4) is 39.7 Å². The van der Waals surface area contributed by atoms with Crippen LogP contribution < -0.4 is 4.57 Å². The Bertz CT molecular complexity index is 1760. The number of fused-ring (bicyclic) bond motifs is 3. The number of pyridine rings is 2. The number of hydrogen-bond acceptors (Lipinski definition) is 3. The van der Waals surface area contributed by atoms with Crippen molar-refractivity contribution < 1.29 is 8.98 Å². The summed E-state index contributed by atoms with van der Waals surface area (Å²) in [4.78, 5) is 4.86. The molecule has 166 valence electrons. The summed E-state index contributed by atoms with van der Waals surface area (Å²) in [6, 6.07) is 33.1. The number of nitriles is 1. The van der Waals surface area contributed by atoms with Crippen LogP contribution in [0.2, 0.25) is 0 Å². The zero-order valence-corrected chi connectivity index (χ0v) is 19.5. The maximum atomic E-state index is 9.89. The van der Waals surface area contributed by atoms with Crippen molar-refractivity contribution in [1.82, 2.24) is 4.98 Å². The first-order valence-electron chi connectivity index (χ1n) is 11.5. The van der Waals surface area contributed by atoms with Gasteiger partial charge < -0.3 is 4.42 Å². The van der Waals surface area contributed by atoms with Gasteiger partial charge in [-0.3, -0.25) is 0 Å². The minimum Gasteiger partial charge on any atom is -0.437 e. The minimum atomic E-state index is 0.534. The molecule has 3 heterocycles. The van der Waals surface area contributed by atoms with E-state index in [0.29, 0.717) is 16.9 Å². The highest BCUT2D eigenvalue weighted by molar-refractivity contribution is 6.11. The van der Waals surface area contributed by atoms with E-state index >= 15 is 0 Å². The minimum absolute atomic E-state index is 0.534. The van der Waals surface area contributed by atoms with E-state index in [1.807, 2.05) is 68.7 Å². The van der Waals surface area contributed by atoms with Crippen LogP contribution in [-0.2, 0) is 7.05 Å². The molecule has 0 aliphatic heterocycles. The summed E-state index contributed by atoms with van der Waals surface area (Å²) in [5.74, 6) is 0. The Kier molecular flexibility index (Phi) is 4.90. The van der Waals surface area contributed by atoms with Crippen molar-refractivity contribution in [3.63, 3.8) is 0 Å². The number of furan rings is 1. The SMILES string of the molecule is Cc1cc(C#N)c2c(oc3nc(-c4ccc(-c5ccccc5)cc4)ccc32)c1-c1cccc[n+]1C. The topological polar surface area (TPSA) is 53.7 Å². The first-order chi connectivity index (χ1) is 17.1. The Morgan fingerprint density at radius 3 is 2.29 bits per heavy atom. The lowest BCUT2D eigenvalue weighted by molar-refractivity contribution is -0.660. The Hall–Kier alpha value is -4.75. The van der Waals surface area contributed by atoms with E-state index in [0.717, 1.165) is 44.4 Å². The van der Waals surface area contributed by atoms with Crippen LogP contribution in [0.15, 0.2) is 102 Å².